The Labute approximate surface area is 166 Å². The van der Waals surface area contributed by atoms with Crippen LogP contribution in [0.3, 0.4) is 0 Å². The van der Waals surface area contributed by atoms with E-state index in [-0.39, 0.29) is 17.2 Å². The number of carbonyl (C=O) groups excluding carboxylic acids is 2. The number of morpholine rings is 1. The van der Waals surface area contributed by atoms with Gasteiger partial charge in [0, 0.05) is 36.3 Å². The van der Waals surface area contributed by atoms with Crippen LogP contribution in [0.4, 0.5) is 0 Å². The first kappa shape index (κ1) is 20.2. The molecule has 0 radical (unpaired) electrons. The number of benzene rings is 2. The molecule has 0 spiro atoms. The SMILES string of the molecule is Cc1ccc(C(=O)c2ccccc2C(=O)NCC(C)(C)N2CCOCC2)cc1. The van der Waals surface area contributed by atoms with E-state index in [4.69, 9.17) is 4.74 Å². The van der Waals surface area contributed by atoms with Crippen molar-refractivity contribution in [3.05, 3.63) is 70.8 Å². The van der Waals surface area contributed by atoms with E-state index in [1.807, 2.05) is 19.1 Å². The first-order valence-electron chi connectivity index (χ1n) is 9.70. The molecule has 0 bridgehead atoms. The molecule has 148 valence electrons. The van der Waals surface area contributed by atoms with Crippen molar-refractivity contribution in [3.8, 4) is 0 Å². The van der Waals surface area contributed by atoms with Crippen molar-refractivity contribution in [1.29, 1.82) is 0 Å². The van der Waals surface area contributed by atoms with Gasteiger partial charge in [0.15, 0.2) is 5.78 Å². The maximum absolute atomic E-state index is 12.9. The Morgan fingerprint density at radius 2 is 1.61 bits per heavy atom. The van der Waals surface area contributed by atoms with Gasteiger partial charge < -0.3 is 10.1 Å². The zero-order valence-electron chi connectivity index (χ0n) is 16.8. The summed E-state index contributed by atoms with van der Waals surface area (Å²) >= 11 is 0. The van der Waals surface area contributed by atoms with Gasteiger partial charge in [-0.3, -0.25) is 14.5 Å². The molecule has 0 atom stereocenters. The minimum absolute atomic E-state index is 0.141. The summed E-state index contributed by atoms with van der Waals surface area (Å²) in [5.41, 5.74) is 2.32. The Hall–Kier alpha value is -2.50. The Kier molecular flexibility index (Phi) is 6.27. The average molecular weight is 380 g/mol. The Morgan fingerprint density at radius 3 is 2.25 bits per heavy atom. The highest BCUT2D eigenvalue weighted by molar-refractivity contribution is 6.15. The van der Waals surface area contributed by atoms with Crippen molar-refractivity contribution in [2.75, 3.05) is 32.8 Å². The summed E-state index contributed by atoms with van der Waals surface area (Å²) in [5, 5.41) is 3.02. The number of rotatable bonds is 6. The Bertz CT molecular complexity index is 837. The molecule has 1 fully saturated rings. The fourth-order valence-corrected chi connectivity index (χ4v) is 3.41. The predicted octanol–water partition coefficient (Wildman–Crippen LogP) is 3.07. The van der Waals surface area contributed by atoms with Crippen molar-refractivity contribution < 1.29 is 14.3 Å². The summed E-state index contributed by atoms with van der Waals surface area (Å²) in [7, 11) is 0. The number of nitrogens with one attached hydrogen (secondary N) is 1. The molecule has 2 aromatic rings. The van der Waals surface area contributed by atoms with Gasteiger partial charge in [-0.2, -0.15) is 0 Å². The quantitative estimate of drug-likeness (QED) is 0.783. The van der Waals surface area contributed by atoms with E-state index in [1.165, 1.54) is 0 Å². The molecule has 5 heteroatoms. The Balaban J connectivity index is 1.73. The third-order valence-electron chi connectivity index (χ3n) is 5.28. The van der Waals surface area contributed by atoms with Gasteiger partial charge in [-0.1, -0.05) is 48.0 Å². The van der Waals surface area contributed by atoms with Crippen molar-refractivity contribution in [3.63, 3.8) is 0 Å². The van der Waals surface area contributed by atoms with Gasteiger partial charge in [-0.05, 0) is 26.8 Å². The fraction of sp³-hybridized carbons (Fsp3) is 0.391. The van der Waals surface area contributed by atoms with Gasteiger partial charge in [-0.15, -0.1) is 0 Å². The highest BCUT2D eigenvalue weighted by atomic mass is 16.5. The Morgan fingerprint density at radius 1 is 1.00 bits per heavy atom. The fourth-order valence-electron chi connectivity index (χ4n) is 3.41. The number of aryl methyl sites for hydroxylation is 1. The van der Waals surface area contributed by atoms with Crippen LogP contribution in [0, 0.1) is 6.92 Å². The summed E-state index contributed by atoms with van der Waals surface area (Å²) in [5.74, 6) is -0.365. The first-order valence-corrected chi connectivity index (χ1v) is 9.70. The normalized spacial score (nSPS) is 15.2. The lowest BCUT2D eigenvalue weighted by atomic mass is 9.96. The molecule has 0 saturated carbocycles. The number of hydrogen-bond donors (Lipinski definition) is 1. The van der Waals surface area contributed by atoms with Crippen LogP contribution in [-0.4, -0.2) is 55.0 Å². The topological polar surface area (TPSA) is 58.6 Å². The van der Waals surface area contributed by atoms with Crippen LogP contribution in [-0.2, 0) is 4.74 Å². The van der Waals surface area contributed by atoms with Crippen molar-refractivity contribution in [2.24, 2.45) is 0 Å². The number of ether oxygens (including phenoxy) is 1. The van der Waals surface area contributed by atoms with Crippen LogP contribution < -0.4 is 5.32 Å². The smallest absolute Gasteiger partial charge is 0.252 e. The standard InChI is InChI=1S/C23H28N2O3/c1-17-8-10-18(11-9-17)21(26)19-6-4-5-7-20(19)22(27)24-16-23(2,3)25-12-14-28-15-13-25/h4-11H,12-16H2,1-3H3,(H,24,27). The number of ketones is 1. The molecule has 0 aliphatic carbocycles. The van der Waals surface area contributed by atoms with Crippen molar-refractivity contribution in [1.82, 2.24) is 10.2 Å². The molecule has 28 heavy (non-hydrogen) atoms. The molecule has 1 heterocycles. The summed E-state index contributed by atoms with van der Waals surface area (Å²) in [6.07, 6.45) is 0. The van der Waals surface area contributed by atoms with Crippen LogP contribution in [0.5, 0.6) is 0 Å². The van der Waals surface area contributed by atoms with E-state index >= 15 is 0 Å². The lowest BCUT2D eigenvalue weighted by Gasteiger charge is -2.40. The molecule has 1 saturated heterocycles. The second kappa shape index (κ2) is 8.67. The van der Waals surface area contributed by atoms with Gasteiger partial charge in [0.1, 0.15) is 0 Å². The summed E-state index contributed by atoms with van der Waals surface area (Å²) in [6, 6.07) is 14.4. The third kappa shape index (κ3) is 4.66. The number of hydrogen-bond acceptors (Lipinski definition) is 4. The minimum atomic E-state index is -0.225. The molecule has 2 aromatic carbocycles. The molecule has 0 aromatic heterocycles. The third-order valence-corrected chi connectivity index (χ3v) is 5.28. The molecule has 1 amide bonds. The minimum Gasteiger partial charge on any atom is -0.379 e. The molecular formula is C23H28N2O3. The predicted molar refractivity (Wildman–Crippen MR) is 110 cm³/mol. The first-order chi connectivity index (χ1) is 13.4. The molecule has 1 N–H and O–H groups in total. The van der Waals surface area contributed by atoms with Gasteiger partial charge in [-0.25, -0.2) is 0 Å². The zero-order valence-corrected chi connectivity index (χ0v) is 16.8. The van der Waals surface area contributed by atoms with E-state index in [2.05, 4.69) is 24.1 Å². The van der Waals surface area contributed by atoms with Gasteiger partial charge in [0.05, 0.1) is 18.8 Å². The summed E-state index contributed by atoms with van der Waals surface area (Å²) < 4.78 is 5.41. The molecule has 3 rings (SSSR count). The average Bonchev–Trinajstić information content (AvgIpc) is 2.73. The molecule has 0 unspecified atom stereocenters. The molecule has 5 nitrogen and oxygen atoms in total. The van der Waals surface area contributed by atoms with Crippen molar-refractivity contribution >= 4 is 11.7 Å². The number of carbonyl (C=O) groups is 2. The zero-order chi connectivity index (χ0) is 20.1. The van der Waals surface area contributed by atoms with E-state index in [1.54, 1.807) is 36.4 Å². The van der Waals surface area contributed by atoms with Gasteiger partial charge >= 0.3 is 0 Å². The van der Waals surface area contributed by atoms with E-state index in [9.17, 15) is 9.59 Å². The summed E-state index contributed by atoms with van der Waals surface area (Å²) in [6.45, 7) is 9.84. The molecular weight excluding hydrogens is 352 g/mol. The number of amides is 1. The maximum Gasteiger partial charge on any atom is 0.252 e. The molecule has 1 aliphatic heterocycles. The second-order valence-electron chi connectivity index (χ2n) is 7.84. The highest BCUT2D eigenvalue weighted by Crippen LogP contribution is 2.18. The lowest BCUT2D eigenvalue weighted by molar-refractivity contribution is -0.00923. The monoisotopic (exact) mass is 380 g/mol. The summed E-state index contributed by atoms with van der Waals surface area (Å²) in [4.78, 5) is 28.1. The van der Waals surface area contributed by atoms with E-state index < -0.39 is 0 Å². The van der Waals surface area contributed by atoms with Gasteiger partial charge in [0.2, 0.25) is 0 Å². The van der Waals surface area contributed by atoms with Crippen molar-refractivity contribution in [2.45, 2.75) is 26.3 Å². The van der Waals surface area contributed by atoms with Crippen LogP contribution in [0.1, 0.15) is 45.7 Å². The van der Waals surface area contributed by atoms with Crippen LogP contribution >= 0.6 is 0 Å². The number of nitrogens with zero attached hydrogens (tertiary/aromatic N) is 1. The lowest BCUT2D eigenvalue weighted by Crippen LogP contribution is -2.55. The van der Waals surface area contributed by atoms with E-state index in [0.717, 1.165) is 18.7 Å². The van der Waals surface area contributed by atoms with Gasteiger partial charge in [0.25, 0.3) is 5.91 Å². The molecule has 1 aliphatic rings. The van der Waals surface area contributed by atoms with Crippen LogP contribution in [0.2, 0.25) is 0 Å². The highest BCUT2D eigenvalue weighted by Gasteiger charge is 2.29. The van der Waals surface area contributed by atoms with E-state index in [0.29, 0.717) is 36.4 Å². The largest absolute Gasteiger partial charge is 0.379 e. The second-order valence-corrected chi connectivity index (χ2v) is 7.84. The van der Waals surface area contributed by atoms with Crippen LogP contribution in [0.25, 0.3) is 0 Å². The van der Waals surface area contributed by atoms with Crippen LogP contribution in [0.15, 0.2) is 48.5 Å². The maximum atomic E-state index is 12.9.